The van der Waals surface area contributed by atoms with Crippen LogP contribution in [0.2, 0.25) is 0 Å². The fourth-order valence-corrected chi connectivity index (χ4v) is 4.29. The number of nitrogens with one attached hydrogen (secondary N) is 2. The monoisotopic (exact) mass is 398 g/mol. The standard InChI is InChI=1S/C25H38N2O2/c1-5-7-9-11-13-20-18(3)24(16-28)26-22(20)15-23-21(14-12-10-8-6-2)19(4)25(17-29)27-23/h16-17,26-27H,5-15H2,1-4H3. The van der Waals surface area contributed by atoms with Crippen LogP contribution in [0.3, 0.4) is 0 Å². The first-order valence-corrected chi connectivity index (χ1v) is 11.4. The zero-order valence-electron chi connectivity index (χ0n) is 18.7. The van der Waals surface area contributed by atoms with Crippen LogP contribution in [0.4, 0.5) is 0 Å². The van der Waals surface area contributed by atoms with E-state index in [1.165, 1.54) is 49.7 Å². The van der Waals surface area contributed by atoms with Gasteiger partial charge in [-0.05, 0) is 61.8 Å². The van der Waals surface area contributed by atoms with Gasteiger partial charge < -0.3 is 9.97 Å². The third-order valence-corrected chi connectivity index (χ3v) is 6.16. The molecule has 0 bridgehead atoms. The highest BCUT2D eigenvalue weighted by molar-refractivity contribution is 5.77. The SMILES string of the molecule is CCCCCCc1c(Cc2[nH]c(C=O)c(C)c2CCCCCC)[nH]c(C=O)c1C. The molecule has 0 atom stereocenters. The normalized spacial score (nSPS) is 11.2. The van der Waals surface area contributed by atoms with Gasteiger partial charge in [0.15, 0.2) is 12.6 Å². The predicted molar refractivity (Wildman–Crippen MR) is 120 cm³/mol. The quantitative estimate of drug-likeness (QED) is 0.285. The van der Waals surface area contributed by atoms with Gasteiger partial charge in [0, 0.05) is 17.8 Å². The summed E-state index contributed by atoms with van der Waals surface area (Å²) in [5.74, 6) is 0. The molecule has 2 heterocycles. The van der Waals surface area contributed by atoms with E-state index >= 15 is 0 Å². The smallest absolute Gasteiger partial charge is 0.166 e. The van der Waals surface area contributed by atoms with Gasteiger partial charge in [-0.1, -0.05) is 52.4 Å². The van der Waals surface area contributed by atoms with E-state index in [4.69, 9.17) is 0 Å². The van der Waals surface area contributed by atoms with E-state index in [1.54, 1.807) is 0 Å². The van der Waals surface area contributed by atoms with Gasteiger partial charge >= 0.3 is 0 Å². The molecule has 0 radical (unpaired) electrons. The van der Waals surface area contributed by atoms with Crippen LogP contribution in [0.15, 0.2) is 0 Å². The van der Waals surface area contributed by atoms with Gasteiger partial charge in [0.1, 0.15) is 0 Å². The Bertz CT molecular complexity index is 732. The largest absolute Gasteiger partial charge is 0.355 e. The maximum Gasteiger partial charge on any atom is 0.166 e. The van der Waals surface area contributed by atoms with Gasteiger partial charge in [0.05, 0.1) is 11.4 Å². The van der Waals surface area contributed by atoms with Crippen molar-refractivity contribution >= 4 is 12.6 Å². The third kappa shape index (κ3) is 5.94. The molecule has 2 rings (SSSR count). The maximum absolute atomic E-state index is 11.5. The summed E-state index contributed by atoms with van der Waals surface area (Å²) in [5.41, 5.74) is 8.33. The number of aromatic amines is 2. The number of H-pyrrole nitrogens is 2. The second-order valence-electron chi connectivity index (χ2n) is 8.28. The van der Waals surface area contributed by atoms with Crippen LogP contribution in [-0.4, -0.2) is 22.5 Å². The van der Waals surface area contributed by atoms with Crippen LogP contribution < -0.4 is 0 Å². The minimum absolute atomic E-state index is 0.689. The lowest BCUT2D eigenvalue weighted by molar-refractivity contribution is 0.111. The molecule has 4 nitrogen and oxygen atoms in total. The van der Waals surface area contributed by atoms with E-state index in [9.17, 15) is 9.59 Å². The summed E-state index contributed by atoms with van der Waals surface area (Å²) in [6.07, 6.45) is 14.2. The number of carbonyl (C=O) groups excluding carboxylic acids is 2. The third-order valence-electron chi connectivity index (χ3n) is 6.16. The molecule has 0 spiro atoms. The number of rotatable bonds is 14. The number of hydrogen-bond donors (Lipinski definition) is 2. The maximum atomic E-state index is 11.5. The van der Waals surface area contributed by atoms with Crippen molar-refractivity contribution in [3.05, 3.63) is 45.0 Å². The Morgan fingerprint density at radius 2 is 1.07 bits per heavy atom. The average Bonchev–Trinajstić information content (AvgIpc) is 3.19. The molecule has 0 saturated carbocycles. The summed E-state index contributed by atoms with van der Waals surface area (Å²) in [4.78, 5) is 29.7. The highest BCUT2D eigenvalue weighted by Crippen LogP contribution is 2.27. The molecule has 0 aliphatic heterocycles. The topological polar surface area (TPSA) is 65.7 Å². The Morgan fingerprint density at radius 1 is 0.655 bits per heavy atom. The first-order chi connectivity index (χ1) is 14.1. The number of unbranched alkanes of at least 4 members (excludes halogenated alkanes) is 6. The Kier molecular flexibility index (Phi) is 9.43. The summed E-state index contributed by atoms with van der Waals surface area (Å²) < 4.78 is 0. The van der Waals surface area contributed by atoms with Crippen LogP contribution >= 0.6 is 0 Å². The average molecular weight is 399 g/mol. The molecule has 2 N–H and O–H groups in total. The van der Waals surface area contributed by atoms with E-state index in [-0.39, 0.29) is 0 Å². The lowest BCUT2D eigenvalue weighted by atomic mass is 9.97. The molecule has 160 valence electrons. The highest BCUT2D eigenvalue weighted by Gasteiger charge is 2.19. The molecule has 0 unspecified atom stereocenters. The van der Waals surface area contributed by atoms with Crippen molar-refractivity contribution in [2.24, 2.45) is 0 Å². The Balaban J connectivity index is 2.27. The van der Waals surface area contributed by atoms with Crippen LogP contribution in [0, 0.1) is 13.8 Å². The molecule has 0 aliphatic carbocycles. The summed E-state index contributed by atoms with van der Waals surface area (Å²) in [5, 5.41) is 0. The Hall–Kier alpha value is -2.10. The predicted octanol–water partition coefficient (Wildman–Crippen LogP) is 6.42. The lowest BCUT2D eigenvalue weighted by Gasteiger charge is -2.08. The van der Waals surface area contributed by atoms with Crippen molar-refractivity contribution in [2.45, 2.75) is 98.3 Å². The second kappa shape index (κ2) is 11.8. The van der Waals surface area contributed by atoms with Crippen LogP contribution in [-0.2, 0) is 19.3 Å². The van der Waals surface area contributed by atoms with E-state index in [0.29, 0.717) is 11.4 Å². The van der Waals surface area contributed by atoms with Crippen LogP contribution in [0.1, 0.15) is 120 Å². The molecule has 0 amide bonds. The minimum atomic E-state index is 0.689. The Labute approximate surface area is 175 Å². The van der Waals surface area contributed by atoms with Crippen LogP contribution in [0.25, 0.3) is 0 Å². The molecule has 0 fully saturated rings. The number of aldehydes is 2. The van der Waals surface area contributed by atoms with Crippen molar-refractivity contribution in [3.63, 3.8) is 0 Å². The Morgan fingerprint density at radius 3 is 1.41 bits per heavy atom. The molecular weight excluding hydrogens is 360 g/mol. The summed E-state index contributed by atoms with van der Waals surface area (Å²) in [6, 6.07) is 0. The number of hydrogen-bond acceptors (Lipinski definition) is 2. The zero-order chi connectivity index (χ0) is 21.2. The van der Waals surface area contributed by atoms with Crippen molar-refractivity contribution in [1.82, 2.24) is 9.97 Å². The van der Waals surface area contributed by atoms with E-state index in [2.05, 4.69) is 23.8 Å². The van der Waals surface area contributed by atoms with Gasteiger partial charge in [-0.3, -0.25) is 9.59 Å². The van der Waals surface area contributed by atoms with E-state index < -0.39 is 0 Å². The van der Waals surface area contributed by atoms with Gasteiger partial charge in [0.25, 0.3) is 0 Å². The first-order valence-electron chi connectivity index (χ1n) is 11.4. The molecule has 0 aliphatic rings. The molecule has 0 aromatic carbocycles. The highest BCUT2D eigenvalue weighted by atomic mass is 16.1. The summed E-state index contributed by atoms with van der Waals surface area (Å²) >= 11 is 0. The van der Waals surface area contributed by atoms with Crippen LogP contribution in [0.5, 0.6) is 0 Å². The van der Waals surface area contributed by atoms with Gasteiger partial charge in [0.2, 0.25) is 0 Å². The van der Waals surface area contributed by atoms with Crippen molar-refractivity contribution in [2.75, 3.05) is 0 Å². The summed E-state index contributed by atoms with van der Waals surface area (Å²) in [7, 11) is 0. The number of carbonyl (C=O) groups is 2. The second-order valence-corrected chi connectivity index (χ2v) is 8.28. The van der Waals surface area contributed by atoms with Crippen molar-refractivity contribution < 1.29 is 9.59 Å². The molecule has 2 aromatic heterocycles. The van der Waals surface area contributed by atoms with Crippen molar-refractivity contribution in [3.8, 4) is 0 Å². The van der Waals surface area contributed by atoms with Crippen molar-refractivity contribution in [1.29, 1.82) is 0 Å². The van der Waals surface area contributed by atoms with Gasteiger partial charge in [-0.25, -0.2) is 0 Å². The van der Waals surface area contributed by atoms with E-state index in [0.717, 1.165) is 67.2 Å². The van der Waals surface area contributed by atoms with Gasteiger partial charge in [-0.15, -0.1) is 0 Å². The lowest BCUT2D eigenvalue weighted by Crippen LogP contribution is -2.00. The fourth-order valence-electron chi connectivity index (χ4n) is 4.29. The first kappa shape index (κ1) is 23.2. The van der Waals surface area contributed by atoms with E-state index in [1.807, 2.05) is 13.8 Å². The zero-order valence-corrected chi connectivity index (χ0v) is 18.7. The van der Waals surface area contributed by atoms with Gasteiger partial charge in [-0.2, -0.15) is 0 Å². The molecular formula is C25H38N2O2. The number of aromatic nitrogens is 2. The fraction of sp³-hybridized carbons (Fsp3) is 0.600. The molecule has 4 heteroatoms. The minimum Gasteiger partial charge on any atom is -0.355 e. The molecule has 2 aromatic rings. The summed E-state index contributed by atoms with van der Waals surface area (Å²) in [6.45, 7) is 8.53. The molecule has 29 heavy (non-hydrogen) atoms. The molecule has 0 saturated heterocycles.